The lowest BCUT2D eigenvalue weighted by Crippen LogP contribution is -2.42. The van der Waals surface area contributed by atoms with E-state index in [1.807, 2.05) is 42.5 Å². The van der Waals surface area contributed by atoms with E-state index in [0.717, 1.165) is 60.4 Å². The van der Waals surface area contributed by atoms with E-state index in [-0.39, 0.29) is 12.3 Å². The number of aromatic amines is 1. The van der Waals surface area contributed by atoms with Gasteiger partial charge in [0.15, 0.2) is 5.88 Å². The number of aryl methyl sites for hydroxylation is 1. The van der Waals surface area contributed by atoms with Crippen molar-refractivity contribution in [2.24, 2.45) is 4.99 Å². The van der Waals surface area contributed by atoms with Gasteiger partial charge in [0, 0.05) is 55.1 Å². The lowest BCUT2D eigenvalue weighted by atomic mass is 9.98. The molecule has 190 valence electrons. The molecule has 0 radical (unpaired) electrons. The maximum absolute atomic E-state index is 11.0. The van der Waals surface area contributed by atoms with Crippen LogP contribution in [0.25, 0.3) is 10.9 Å². The third kappa shape index (κ3) is 6.02. The molecule has 0 atom stereocenters. The average Bonchev–Trinajstić information content (AvgIpc) is 3.22. The fourth-order valence-electron chi connectivity index (χ4n) is 4.67. The Bertz CT molecular complexity index is 1420. The van der Waals surface area contributed by atoms with Crippen molar-refractivity contribution in [2.45, 2.75) is 19.4 Å². The molecule has 2 heterocycles. The molecule has 3 aromatic carbocycles. The molecule has 1 fully saturated rings. The summed E-state index contributed by atoms with van der Waals surface area (Å²) in [6, 6.07) is 21.3. The molecule has 0 aliphatic carbocycles. The molecule has 4 aromatic rings. The van der Waals surface area contributed by atoms with Gasteiger partial charge in [0.1, 0.15) is 0 Å². The van der Waals surface area contributed by atoms with Crippen LogP contribution in [0.4, 0.5) is 5.69 Å². The first-order valence-corrected chi connectivity index (χ1v) is 12.8. The number of H-pyrrole nitrogens is 1. The number of aromatic nitrogens is 1. The van der Waals surface area contributed by atoms with Crippen molar-refractivity contribution < 1.29 is 15.0 Å². The molecule has 7 nitrogen and oxygen atoms in total. The minimum Gasteiger partial charge on any atom is -0.494 e. The van der Waals surface area contributed by atoms with Gasteiger partial charge in [0.2, 0.25) is 0 Å². The Labute approximate surface area is 220 Å². The van der Waals surface area contributed by atoms with Gasteiger partial charge >= 0.3 is 5.97 Å². The number of aromatic hydroxyl groups is 1. The molecule has 0 bridgehead atoms. The summed E-state index contributed by atoms with van der Waals surface area (Å²) in [4.78, 5) is 21.4. The topological polar surface area (TPSA) is 101 Å². The largest absolute Gasteiger partial charge is 0.494 e. The number of hydrogen-bond acceptors (Lipinski definition) is 5. The fraction of sp³-hybridized carbons (Fsp3) is 0.241. The third-order valence-electron chi connectivity index (χ3n) is 6.63. The number of piperazine rings is 1. The minimum atomic E-state index is -0.825. The second-order valence-corrected chi connectivity index (χ2v) is 9.72. The summed E-state index contributed by atoms with van der Waals surface area (Å²) < 4.78 is 0. The van der Waals surface area contributed by atoms with E-state index in [1.54, 1.807) is 12.1 Å². The number of benzene rings is 3. The van der Waals surface area contributed by atoms with E-state index in [4.69, 9.17) is 21.7 Å². The highest BCUT2D eigenvalue weighted by molar-refractivity contribution is 6.31. The third-order valence-corrected chi connectivity index (χ3v) is 6.86. The summed E-state index contributed by atoms with van der Waals surface area (Å²) in [6.45, 7) is 5.01. The number of carboxylic acid groups (broad SMARTS) is 1. The van der Waals surface area contributed by atoms with Crippen LogP contribution in [-0.4, -0.2) is 58.0 Å². The van der Waals surface area contributed by atoms with Gasteiger partial charge in [-0.1, -0.05) is 54.1 Å². The molecule has 4 N–H and O–H groups in total. The quantitative estimate of drug-likeness (QED) is 0.244. The van der Waals surface area contributed by atoms with Crippen molar-refractivity contribution in [1.82, 2.24) is 15.2 Å². The molecule has 1 aliphatic rings. The number of fused-ring (bicyclic) bond motifs is 1. The van der Waals surface area contributed by atoms with Gasteiger partial charge in [-0.2, -0.15) is 0 Å². The maximum Gasteiger partial charge on any atom is 0.303 e. The molecule has 0 saturated carbocycles. The van der Waals surface area contributed by atoms with Crippen molar-refractivity contribution in [2.75, 3.05) is 26.2 Å². The molecule has 1 aromatic heterocycles. The zero-order chi connectivity index (χ0) is 25.8. The van der Waals surface area contributed by atoms with Crippen LogP contribution in [0.3, 0.4) is 0 Å². The lowest BCUT2D eigenvalue weighted by Gasteiger charge is -2.27. The Morgan fingerprint density at radius 2 is 1.68 bits per heavy atom. The number of nitrogens with one attached hydrogen (secondary N) is 2. The number of aliphatic carboxylic acids is 1. The SMILES string of the molecule is O=C(O)CCc1ccc(C(=Nc2ccc(CN3CCNCC3)cc2)c2c(O)[nH]c3cc(Cl)ccc23)cc1. The number of nitrogens with zero attached hydrogens (tertiary/aromatic N) is 2. The maximum atomic E-state index is 11.0. The van der Waals surface area contributed by atoms with Crippen molar-refractivity contribution in [3.63, 3.8) is 0 Å². The number of carboxylic acids is 1. The van der Waals surface area contributed by atoms with E-state index in [2.05, 4.69) is 27.3 Å². The van der Waals surface area contributed by atoms with Gasteiger partial charge in [0.05, 0.1) is 22.5 Å². The summed E-state index contributed by atoms with van der Waals surface area (Å²) in [7, 11) is 0. The predicted octanol–water partition coefficient (Wildman–Crippen LogP) is 5.12. The average molecular weight is 517 g/mol. The van der Waals surface area contributed by atoms with E-state index >= 15 is 0 Å². The molecule has 0 amide bonds. The van der Waals surface area contributed by atoms with Crippen molar-refractivity contribution in [3.8, 4) is 5.88 Å². The van der Waals surface area contributed by atoms with Crippen LogP contribution in [0.15, 0.2) is 71.7 Å². The summed E-state index contributed by atoms with van der Waals surface area (Å²) in [5, 5.41) is 24.7. The first-order chi connectivity index (χ1) is 18.0. The van der Waals surface area contributed by atoms with Gasteiger partial charge in [-0.25, -0.2) is 4.99 Å². The zero-order valence-corrected chi connectivity index (χ0v) is 21.1. The molecular weight excluding hydrogens is 488 g/mol. The number of halogens is 1. The van der Waals surface area contributed by atoms with Gasteiger partial charge in [0.25, 0.3) is 0 Å². The van der Waals surface area contributed by atoms with Crippen LogP contribution >= 0.6 is 11.6 Å². The molecule has 8 heteroatoms. The van der Waals surface area contributed by atoms with Crippen molar-refractivity contribution in [3.05, 3.63) is 94.0 Å². The standard InChI is InChI=1S/C29H29ClN4O3/c30-22-8-11-24-25(17-22)33-29(37)27(24)28(21-6-1-19(2-7-21)5-12-26(35)36)32-23-9-3-20(4-10-23)18-34-15-13-31-14-16-34/h1-4,6-11,17,31,33,37H,5,12-16,18H2,(H,35,36). The van der Waals surface area contributed by atoms with Crippen LogP contribution in [0.2, 0.25) is 5.02 Å². The van der Waals surface area contributed by atoms with Crippen LogP contribution in [-0.2, 0) is 17.8 Å². The highest BCUT2D eigenvalue weighted by atomic mass is 35.5. The second-order valence-electron chi connectivity index (χ2n) is 9.28. The Kier molecular flexibility index (Phi) is 7.55. The van der Waals surface area contributed by atoms with E-state index in [1.165, 1.54) is 5.56 Å². The summed E-state index contributed by atoms with van der Waals surface area (Å²) in [5.41, 5.74) is 5.68. The van der Waals surface area contributed by atoms with Crippen LogP contribution in [0, 0.1) is 0 Å². The van der Waals surface area contributed by atoms with Gasteiger partial charge in [-0.3, -0.25) is 9.69 Å². The fourth-order valence-corrected chi connectivity index (χ4v) is 4.85. The minimum absolute atomic E-state index is 0.0151. The van der Waals surface area contributed by atoms with Crippen LogP contribution < -0.4 is 5.32 Å². The molecule has 5 rings (SSSR count). The van der Waals surface area contributed by atoms with E-state index in [9.17, 15) is 9.90 Å². The number of rotatable bonds is 8. The molecule has 37 heavy (non-hydrogen) atoms. The summed E-state index contributed by atoms with van der Waals surface area (Å²) in [5.74, 6) is -0.810. The molecule has 1 saturated heterocycles. The lowest BCUT2D eigenvalue weighted by molar-refractivity contribution is -0.136. The predicted molar refractivity (Wildman–Crippen MR) is 147 cm³/mol. The van der Waals surface area contributed by atoms with Crippen molar-refractivity contribution in [1.29, 1.82) is 0 Å². The number of hydrogen-bond donors (Lipinski definition) is 4. The molecule has 0 spiro atoms. The van der Waals surface area contributed by atoms with Gasteiger partial charge in [-0.05, 0) is 41.8 Å². The summed E-state index contributed by atoms with van der Waals surface area (Å²) in [6.07, 6.45) is 0.526. The number of carbonyl (C=O) groups is 1. The Morgan fingerprint density at radius 1 is 0.973 bits per heavy atom. The molecule has 1 aliphatic heterocycles. The van der Waals surface area contributed by atoms with Gasteiger partial charge < -0.3 is 20.5 Å². The molecule has 0 unspecified atom stereocenters. The Balaban J connectivity index is 1.51. The monoisotopic (exact) mass is 516 g/mol. The first-order valence-electron chi connectivity index (χ1n) is 12.4. The zero-order valence-electron chi connectivity index (χ0n) is 20.4. The van der Waals surface area contributed by atoms with Crippen LogP contribution in [0.5, 0.6) is 5.88 Å². The van der Waals surface area contributed by atoms with Crippen molar-refractivity contribution >= 4 is 39.9 Å². The summed E-state index contributed by atoms with van der Waals surface area (Å²) >= 11 is 6.18. The van der Waals surface area contributed by atoms with E-state index < -0.39 is 5.97 Å². The smallest absolute Gasteiger partial charge is 0.303 e. The van der Waals surface area contributed by atoms with Gasteiger partial charge in [-0.15, -0.1) is 0 Å². The molecular formula is C29H29ClN4O3. The highest BCUT2D eigenvalue weighted by Gasteiger charge is 2.19. The van der Waals surface area contributed by atoms with Crippen LogP contribution in [0.1, 0.15) is 28.7 Å². The second kappa shape index (κ2) is 11.2. The first kappa shape index (κ1) is 25.0. The highest BCUT2D eigenvalue weighted by Crippen LogP contribution is 2.33. The number of aliphatic imine (C=N–C) groups is 1. The normalized spacial score (nSPS) is 14.8. The Hall–Kier alpha value is -3.65. The van der Waals surface area contributed by atoms with E-state index in [0.29, 0.717) is 22.7 Å². The Morgan fingerprint density at radius 3 is 2.38 bits per heavy atom.